The van der Waals surface area contributed by atoms with Gasteiger partial charge in [-0.1, -0.05) is 36.0 Å². The van der Waals surface area contributed by atoms with E-state index in [0.29, 0.717) is 11.6 Å². The van der Waals surface area contributed by atoms with Crippen molar-refractivity contribution in [2.45, 2.75) is 18.5 Å². The summed E-state index contributed by atoms with van der Waals surface area (Å²) in [5, 5.41) is 13.1. The first-order chi connectivity index (χ1) is 16.6. The molecule has 0 aliphatic carbocycles. The van der Waals surface area contributed by atoms with Crippen molar-refractivity contribution in [1.29, 1.82) is 0 Å². The van der Waals surface area contributed by atoms with Gasteiger partial charge in [0.05, 0.1) is 36.1 Å². The van der Waals surface area contributed by atoms with Gasteiger partial charge in [-0.15, -0.1) is 21.5 Å². The van der Waals surface area contributed by atoms with E-state index in [0.717, 1.165) is 43.9 Å². The molecule has 0 radical (unpaired) electrons. The molecule has 34 heavy (non-hydrogen) atoms. The molecule has 1 N–H and O–H groups in total. The first-order valence-electron chi connectivity index (χ1n) is 10.5. The minimum absolute atomic E-state index is 0.0709. The zero-order valence-electron chi connectivity index (χ0n) is 19.1. The number of amides is 1. The lowest BCUT2D eigenvalue weighted by Crippen LogP contribution is -2.24. The normalized spacial score (nSPS) is 10.7. The molecule has 0 aliphatic rings. The van der Waals surface area contributed by atoms with Crippen molar-refractivity contribution in [1.82, 2.24) is 20.5 Å². The fourth-order valence-corrected chi connectivity index (χ4v) is 4.97. The van der Waals surface area contributed by atoms with Crippen molar-refractivity contribution in [3.05, 3.63) is 71.9 Å². The summed E-state index contributed by atoms with van der Waals surface area (Å²) < 4.78 is 10.7. The first-order valence-corrected chi connectivity index (χ1v) is 12.3. The van der Waals surface area contributed by atoms with E-state index in [-0.39, 0.29) is 11.7 Å². The second-order valence-electron chi connectivity index (χ2n) is 7.31. The number of methoxy groups -OCH3 is 2. The van der Waals surface area contributed by atoms with Crippen LogP contribution < -0.4 is 14.8 Å². The van der Waals surface area contributed by atoms with Crippen molar-refractivity contribution in [3.8, 4) is 32.6 Å². The van der Waals surface area contributed by atoms with Gasteiger partial charge in [0, 0.05) is 6.54 Å². The largest absolute Gasteiger partial charge is 0.497 e. The smallest absolute Gasteiger partial charge is 0.230 e. The van der Waals surface area contributed by atoms with E-state index in [2.05, 4.69) is 15.5 Å². The molecule has 9 heteroatoms. The van der Waals surface area contributed by atoms with Crippen molar-refractivity contribution >= 4 is 29.0 Å². The Morgan fingerprint density at radius 1 is 1.03 bits per heavy atom. The van der Waals surface area contributed by atoms with Crippen molar-refractivity contribution in [2.75, 3.05) is 20.0 Å². The number of nitrogens with one attached hydrogen (secondary N) is 1. The molecule has 0 unspecified atom stereocenters. The zero-order chi connectivity index (χ0) is 23.9. The van der Waals surface area contributed by atoms with Crippen LogP contribution in [0.25, 0.3) is 21.1 Å². The third-order valence-electron chi connectivity index (χ3n) is 4.98. The van der Waals surface area contributed by atoms with Gasteiger partial charge < -0.3 is 14.8 Å². The Morgan fingerprint density at radius 3 is 2.65 bits per heavy atom. The standard InChI is InChI=1S/C25H24N4O3S2/c1-16-24(34-25(27-16)19-9-4-5-10-21(19)32-3)20-11-12-23(29-28-20)33-15-22(30)26-14-17-7-6-8-18(13-17)31-2/h4-13H,14-15H2,1-3H3,(H,26,30). The lowest BCUT2D eigenvalue weighted by Gasteiger charge is -2.07. The van der Waals surface area contributed by atoms with E-state index in [1.54, 1.807) is 25.6 Å². The molecule has 7 nitrogen and oxygen atoms in total. The maximum absolute atomic E-state index is 12.2. The average Bonchev–Trinajstić information content (AvgIpc) is 3.27. The van der Waals surface area contributed by atoms with Crippen LogP contribution in [0, 0.1) is 6.92 Å². The number of carbonyl (C=O) groups is 1. The molecule has 2 aromatic carbocycles. The number of aromatic nitrogens is 3. The van der Waals surface area contributed by atoms with Crippen LogP contribution in [-0.4, -0.2) is 41.1 Å². The van der Waals surface area contributed by atoms with Gasteiger partial charge in [-0.05, 0) is 48.9 Å². The molecule has 174 valence electrons. The van der Waals surface area contributed by atoms with Gasteiger partial charge in [-0.3, -0.25) is 4.79 Å². The number of carbonyl (C=O) groups excluding carboxylic acids is 1. The van der Waals surface area contributed by atoms with Crippen LogP contribution in [-0.2, 0) is 11.3 Å². The molecular formula is C25H24N4O3S2. The fraction of sp³-hybridized carbons (Fsp3) is 0.200. The fourth-order valence-electron chi connectivity index (χ4n) is 3.26. The van der Waals surface area contributed by atoms with Gasteiger partial charge in [0.15, 0.2) is 0 Å². The second-order valence-corrected chi connectivity index (χ2v) is 9.30. The zero-order valence-corrected chi connectivity index (χ0v) is 20.7. The Bertz CT molecular complexity index is 1280. The quantitative estimate of drug-likeness (QED) is 0.329. The maximum Gasteiger partial charge on any atom is 0.230 e. The lowest BCUT2D eigenvalue weighted by molar-refractivity contribution is -0.118. The molecule has 4 aromatic rings. The van der Waals surface area contributed by atoms with Gasteiger partial charge >= 0.3 is 0 Å². The summed E-state index contributed by atoms with van der Waals surface area (Å²) in [6, 6.07) is 19.2. The van der Waals surface area contributed by atoms with Gasteiger partial charge in [0.2, 0.25) is 5.91 Å². The highest BCUT2D eigenvalue weighted by molar-refractivity contribution is 7.99. The van der Waals surface area contributed by atoms with Crippen LogP contribution in [0.3, 0.4) is 0 Å². The van der Waals surface area contributed by atoms with Gasteiger partial charge in [-0.25, -0.2) is 4.98 Å². The third-order valence-corrected chi connectivity index (χ3v) is 7.11. The molecule has 0 aliphatic heterocycles. The topological polar surface area (TPSA) is 86.2 Å². The summed E-state index contributed by atoms with van der Waals surface area (Å²) in [5.74, 6) is 1.74. The molecule has 0 bridgehead atoms. The van der Waals surface area contributed by atoms with E-state index >= 15 is 0 Å². The van der Waals surface area contributed by atoms with Crippen molar-refractivity contribution in [3.63, 3.8) is 0 Å². The van der Waals surface area contributed by atoms with Crippen molar-refractivity contribution < 1.29 is 14.3 Å². The monoisotopic (exact) mass is 492 g/mol. The van der Waals surface area contributed by atoms with Gasteiger partial charge in [0.25, 0.3) is 0 Å². The molecule has 0 fully saturated rings. The van der Waals surface area contributed by atoms with Crippen LogP contribution in [0.5, 0.6) is 11.5 Å². The van der Waals surface area contributed by atoms with E-state index in [1.807, 2.05) is 67.6 Å². The van der Waals surface area contributed by atoms with E-state index < -0.39 is 0 Å². The molecule has 0 saturated heterocycles. The van der Waals surface area contributed by atoms with Gasteiger partial charge in [0.1, 0.15) is 27.2 Å². The summed E-state index contributed by atoms with van der Waals surface area (Å²) in [4.78, 5) is 17.9. The molecule has 0 atom stereocenters. The number of aryl methyl sites for hydroxylation is 1. The minimum Gasteiger partial charge on any atom is -0.497 e. The summed E-state index contributed by atoms with van der Waals surface area (Å²) in [6.07, 6.45) is 0. The molecule has 4 rings (SSSR count). The van der Waals surface area contributed by atoms with Crippen LogP contribution in [0.1, 0.15) is 11.3 Å². The summed E-state index contributed by atoms with van der Waals surface area (Å²) in [6.45, 7) is 2.40. The third kappa shape index (κ3) is 5.73. The van der Waals surface area contributed by atoms with Crippen LogP contribution in [0.2, 0.25) is 0 Å². The summed E-state index contributed by atoms with van der Waals surface area (Å²) in [5.41, 5.74) is 3.57. The Morgan fingerprint density at radius 2 is 1.88 bits per heavy atom. The molecule has 2 heterocycles. The van der Waals surface area contributed by atoms with E-state index in [1.165, 1.54) is 11.8 Å². The Kier molecular flexibility index (Phi) is 7.76. The first kappa shape index (κ1) is 23.7. The number of thiazole rings is 1. The number of rotatable bonds is 9. The number of thioether (sulfide) groups is 1. The number of para-hydroxylation sites is 1. The van der Waals surface area contributed by atoms with Gasteiger partial charge in [-0.2, -0.15) is 0 Å². The second kappa shape index (κ2) is 11.1. The molecule has 0 spiro atoms. The number of benzene rings is 2. The van der Waals surface area contributed by atoms with Crippen LogP contribution in [0.15, 0.2) is 65.7 Å². The predicted octanol–water partition coefficient (Wildman–Crippen LogP) is 5.00. The van der Waals surface area contributed by atoms with E-state index in [4.69, 9.17) is 14.5 Å². The highest BCUT2D eigenvalue weighted by Crippen LogP contribution is 2.38. The number of ether oxygens (including phenoxy) is 2. The number of hydrogen-bond acceptors (Lipinski definition) is 8. The number of hydrogen-bond donors (Lipinski definition) is 1. The van der Waals surface area contributed by atoms with Crippen molar-refractivity contribution in [2.24, 2.45) is 0 Å². The Balaban J connectivity index is 1.36. The average molecular weight is 493 g/mol. The maximum atomic E-state index is 12.2. The predicted molar refractivity (Wildman–Crippen MR) is 135 cm³/mol. The minimum atomic E-state index is -0.0709. The summed E-state index contributed by atoms with van der Waals surface area (Å²) in [7, 11) is 3.28. The summed E-state index contributed by atoms with van der Waals surface area (Å²) >= 11 is 2.90. The highest BCUT2D eigenvalue weighted by atomic mass is 32.2. The lowest BCUT2D eigenvalue weighted by atomic mass is 10.2. The highest BCUT2D eigenvalue weighted by Gasteiger charge is 2.16. The molecule has 2 aromatic heterocycles. The van der Waals surface area contributed by atoms with E-state index in [9.17, 15) is 4.79 Å². The van der Waals surface area contributed by atoms with Crippen LogP contribution in [0.4, 0.5) is 0 Å². The SMILES string of the molecule is COc1cccc(CNC(=O)CSc2ccc(-c3sc(-c4ccccc4OC)nc3C)nn2)c1. The number of nitrogens with zero attached hydrogens (tertiary/aromatic N) is 3. The molecule has 0 saturated carbocycles. The van der Waals surface area contributed by atoms with Crippen LogP contribution >= 0.6 is 23.1 Å². The Hall–Kier alpha value is -3.43. The molecule has 1 amide bonds. The Labute approximate surface area is 206 Å². The molecular weight excluding hydrogens is 468 g/mol.